The van der Waals surface area contributed by atoms with Crippen LogP contribution in [0.5, 0.6) is 5.75 Å². The number of fused-ring (bicyclic) bond motifs is 1. The van der Waals surface area contributed by atoms with E-state index in [-0.39, 0.29) is 11.5 Å². The van der Waals surface area contributed by atoms with Crippen LogP contribution in [-0.4, -0.2) is 35.1 Å². The summed E-state index contributed by atoms with van der Waals surface area (Å²) in [5, 5.41) is 0.917. The molecule has 1 fully saturated rings. The Balaban J connectivity index is 1.58. The van der Waals surface area contributed by atoms with Crippen molar-refractivity contribution in [2.75, 3.05) is 19.7 Å². The third-order valence-electron chi connectivity index (χ3n) is 4.92. The maximum Gasteiger partial charge on any atom is 0.254 e. The molecule has 1 amide bonds. The zero-order valence-electron chi connectivity index (χ0n) is 15.0. The normalized spacial score (nSPS) is 17.7. The second-order valence-corrected chi connectivity index (χ2v) is 6.96. The first-order valence-electron chi connectivity index (χ1n) is 9.05. The molecule has 0 spiro atoms. The molecule has 1 aromatic heterocycles. The lowest BCUT2D eigenvalue weighted by molar-refractivity contribution is -0.133. The second kappa shape index (κ2) is 7.72. The van der Waals surface area contributed by atoms with Gasteiger partial charge in [0, 0.05) is 38.0 Å². The summed E-state index contributed by atoms with van der Waals surface area (Å²) in [6, 6.07) is 9.22. The molecular weight excluding hydrogens is 316 g/mol. The number of amides is 1. The van der Waals surface area contributed by atoms with E-state index in [0.29, 0.717) is 31.1 Å². The molecule has 134 valence electrons. The number of aromatic nitrogens is 1. The van der Waals surface area contributed by atoms with Crippen molar-refractivity contribution < 1.29 is 9.53 Å². The standard InChI is InChI=1S/C20H26N2O3/c1-15-7-5-11-22(14-15)19(23)10-6-12-25-18-13-20(24)21(2)17-9-4-3-8-16(17)18/h3-4,8-9,13,15H,5-7,10-12,14H2,1-2H3. The summed E-state index contributed by atoms with van der Waals surface area (Å²) < 4.78 is 7.44. The quantitative estimate of drug-likeness (QED) is 0.785. The molecule has 1 saturated heterocycles. The minimum atomic E-state index is -0.0907. The van der Waals surface area contributed by atoms with Crippen LogP contribution in [0, 0.1) is 5.92 Å². The monoisotopic (exact) mass is 342 g/mol. The molecule has 0 aliphatic carbocycles. The van der Waals surface area contributed by atoms with Crippen LogP contribution in [0.3, 0.4) is 0 Å². The van der Waals surface area contributed by atoms with Crippen LogP contribution < -0.4 is 10.3 Å². The highest BCUT2D eigenvalue weighted by atomic mass is 16.5. The molecule has 3 rings (SSSR count). The second-order valence-electron chi connectivity index (χ2n) is 6.96. The average Bonchev–Trinajstić information content (AvgIpc) is 2.62. The van der Waals surface area contributed by atoms with Gasteiger partial charge in [0.15, 0.2) is 0 Å². The van der Waals surface area contributed by atoms with Crippen molar-refractivity contribution in [1.82, 2.24) is 9.47 Å². The van der Waals surface area contributed by atoms with Gasteiger partial charge < -0.3 is 14.2 Å². The van der Waals surface area contributed by atoms with Crippen molar-refractivity contribution in [1.29, 1.82) is 0 Å². The number of nitrogens with zero attached hydrogens (tertiary/aromatic N) is 2. The first-order chi connectivity index (χ1) is 12.1. The van der Waals surface area contributed by atoms with Gasteiger partial charge in [-0.15, -0.1) is 0 Å². The van der Waals surface area contributed by atoms with Crippen LogP contribution in [0.2, 0.25) is 0 Å². The summed E-state index contributed by atoms with van der Waals surface area (Å²) in [5.74, 6) is 1.41. The molecule has 5 nitrogen and oxygen atoms in total. The van der Waals surface area contributed by atoms with Gasteiger partial charge >= 0.3 is 0 Å². The van der Waals surface area contributed by atoms with E-state index in [0.717, 1.165) is 30.4 Å². The van der Waals surface area contributed by atoms with Crippen LogP contribution in [0.4, 0.5) is 0 Å². The zero-order chi connectivity index (χ0) is 17.8. The third-order valence-corrected chi connectivity index (χ3v) is 4.92. The lowest BCUT2D eigenvalue weighted by atomic mass is 10.00. The molecule has 2 heterocycles. The predicted octanol–water partition coefficient (Wildman–Crippen LogP) is 2.96. The largest absolute Gasteiger partial charge is 0.493 e. The molecule has 5 heteroatoms. The Morgan fingerprint density at radius 2 is 2.12 bits per heavy atom. The van der Waals surface area contributed by atoms with E-state index in [2.05, 4.69) is 6.92 Å². The van der Waals surface area contributed by atoms with E-state index in [1.165, 1.54) is 12.5 Å². The topological polar surface area (TPSA) is 51.5 Å². The number of likely N-dealkylation sites (tertiary alicyclic amines) is 1. The number of benzene rings is 1. The lowest BCUT2D eigenvalue weighted by Gasteiger charge is -2.31. The SMILES string of the molecule is CC1CCCN(C(=O)CCCOc2cc(=O)n(C)c3ccccc23)C1. The summed E-state index contributed by atoms with van der Waals surface area (Å²) >= 11 is 0. The van der Waals surface area contributed by atoms with Gasteiger partial charge in [0.1, 0.15) is 5.75 Å². The number of rotatable bonds is 5. The summed E-state index contributed by atoms with van der Waals surface area (Å²) in [6.07, 6.45) is 3.47. The highest BCUT2D eigenvalue weighted by Crippen LogP contribution is 2.23. The molecule has 2 aromatic rings. The first-order valence-corrected chi connectivity index (χ1v) is 9.05. The maximum absolute atomic E-state index is 12.3. The van der Waals surface area contributed by atoms with Gasteiger partial charge in [0.05, 0.1) is 12.1 Å². The van der Waals surface area contributed by atoms with Crippen LogP contribution in [-0.2, 0) is 11.8 Å². The van der Waals surface area contributed by atoms with Gasteiger partial charge in [0.25, 0.3) is 5.56 Å². The highest BCUT2D eigenvalue weighted by Gasteiger charge is 2.20. The fraction of sp³-hybridized carbons (Fsp3) is 0.500. The Bertz CT molecular complexity index is 812. The molecule has 1 aromatic carbocycles. The number of hydrogen-bond acceptors (Lipinski definition) is 3. The number of pyridine rings is 1. The minimum Gasteiger partial charge on any atom is -0.493 e. The Labute approximate surface area is 148 Å². The van der Waals surface area contributed by atoms with Crippen molar-refractivity contribution in [3.05, 3.63) is 40.7 Å². The molecule has 0 radical (unpaired) electrons. The van der Waals surface area contributed by atoms with Gasteiger partial charge in [-0.3, -0.25) is 9.59 Å². The summed E-state index contributed by atoms with van der Waals surface area (Å²) in [4.78, 5) is 26.3. The molecule has 0 bridgehead atoms. The lowest BCUT2D eigenvalue weighted by Crippen LogP contribution is -2.39. The highest BCUT2D eigenvalue weighted by molar-refractivity contribution is 5.85. The fourth-order valence-electron chi connectivity index (χ4n) is 3.48. The zero-order valence-corrected chi connectivity index (χ0v) is 15.0. The summed E-state index contributed by atoms with van der Waals surface area (Å²) in [5.41, 5.74) is 0.760. The maximum atomic E-state index is 12.3. The Hall–Kier alpha value is -2.30. The van der Waals surface area contributed by atoms with Gasteiger partial charge in [-0.05, 0) is 37.3 Å². The van der Waals surface area contributed by atoms with Crippen molar-refractivity contribution in [3.63, 3.8) is 0 Å². The number of piperidine rings is 1. The van der Waals surface area contributed by atoms with Gasteiger partial charge in [-0.1, -0.05) is 19.1 Å². The molecule has 0 N–H and O–H groups in total. The Morgan fingerprint density at radius 1 is 1.32 bits per heavy atom. The number of ether oxygens (including phenoxy) is 1. The molecular formula is C20H26N2O3. The number of para-hydroxylation sites is 1. The van der Waals surface area contributed by atoms with Crippen molar-refractivity contribution >= 4 is 16.8 Å². The number of hydrogen-bond donors (Lipinski definition) is 0. The average molecular weight is 342 g/mol. The van der Waals surface area contributed by atoms with E-state index in [4.69, 9.17) is 4.74 Å². The Morgan fingerprint density at radius 3 is 2.92 bits per heavy atom. The van der Waals surface area contributed by atoms with Crippen molar-refractivity contribution in [3.8, 4) is 5.75 Å². The number of carbonyl (C=O) groups excluding carboxylic acids is 1. The van der Waals surface area contributed by atoms with Crippen LogP contribution in [0.15, 0.2) is 35.1 Å². The van der Waals surface area contributed by atoms with E-state index in [9.17, 15) is 9.59 Å². The van der Waals surface area contributed by atoms with E-state index < -0.39 is 0 Å². The van der Waals surface area contributed by atoms with Gasteiger partial charge in [-0.2, -0.15) is 0 Å². The third kappa shape index (κ3) is 4.03. The molecule has 1 aliphatic rings. The van der Waals surface area contributed by atoms with Gasteiger partial charge in [-0.25, -0.2) is 0 Å². The molecule has 1 unspecified atom stereocenters. The van der Waals surface area contributed by atoms with Crippen LogP contribution in [0.25, 0.3) is 10.9 Å². The number of carbonyl (C=O) groups is 1. The fourth-order valence-corrected chi connectivity index (χ4v) is 3.48. The van der Waals surface area contributed by atoms with Gasteiger partial charge in [0.2, 0.25) is 5.91 Å². The van der Waals surface area contributed by atoms with Crippen LogP contribution >= 0.6 is 0 Å². The minimum absolute atomic E-state index is 0.0907. The predicted molar refractivity (Wildman–Crippen MR) is 98.9 cm³/mol. The summed E-state index contributed by atoms with van der Waals surface area (Å²) in [7, 11) is 1.76. The van der Waals surface area contributed by atoms with E-state index >= 15 is 0 Å². The molecule has 1 atom stereocenters. The number of aryl methyl sites for hydroxylation is 1. The smallest absolute Gasteiger partial charge is 0.254 e. The van der Waals surface area contributed by atoms with E-state index in [1.807, 2.05) is 29.2 Å². The first kappa shape index (κ1) is 17.5. The van der Waals surface area contributed by atoms with Crippen LogP contribution in [0.1, 0.15) is 32.6 Å². The molecule has 1 aliphatic heterocycles. The molecule has 25 heavy (non-hydrogen) atoms. The van der Waals surface area contributed by atoms with E-state index in [1.54, 1.807) is 11.6 Å². The molecule has 0 saturated carbocycles. The summed E-state index contributed by atoms with van der Waals surface area (Å²) in [6.45, 7) is 4.39. The van der Waals surface area contributed by atoms with Crippen molar-refractivity contribution in [2.45, 2.75) is 32.6 Å². The Kier molecular flexibility index (Phi) is 5.41. The van der Waals surface area contributed by atoms with Crippen molar-refractivity contribution in [2.24, 2.45) is 13.0 Å².